The normalized spacial score (nSPS) is 15.6. The Morgan fingerprint density at radius 1 is 0.926 bits per heavy atom. The maximum atomic E-state index is 13.4. The molecule has 1 saturated heterocycles. The standard InChI is InChI=1S/C20H16F2N2O3/c21-18-6-5-15(7-19(18)22)13-1-3-14(4-2-13)20-23-8-16(9-24-20)27-12-25-10-17-11-26-17/h1-9,17H,10-12H2. The average Bonchev–Trinajstić information content (AvgIpc) is 3.53. The summed E-state index contributed by atoms with van der Waals surface area (Å²) in [5.74, 6) is -0.693. The van der Waals surface area contributed by atoms with Crippen molar-refractivity contribution in [3.8, 4) is 28.3 Å². The number of nitrogens with zero attached hydrogens (tertiary/aromatic N) is 2. The summed E-state index contributed by atoms with van der Waals surface area (Å²) in [4.78, 5) is 8.55. The molecule has 1 aromatic heterocycles. The number of hydrogen-bond acceptors (Lipinski definition) is 5. The lowest BCUT2D eigenvalue weighted by Crippen LogP contribution is -2.08. The van der Waals surface area contributed by atoms with Gasteiger partial charge in [0.15, 0.2) is 30.0 Å². The van der Waals surface area contributed by atoms with Crippen LogP contribution in [0.1, 0.15) is 0 Å². The summed E-state index contributed by atoms with van der Waals surface area (Å²) in [6.45, 7) is 1.38. The van der Waals surface area contributed by atoms with E-state index in [2.05, 4.69) is 9.97 Å². The van der Waals surface area contributed by atoms with Crippen LogP contribution in [0, 0.1) is 11.6 Å². The number of ether oxygens (including phenoxy) is 3. The van der Waals surface area contributed by atoms with Crippen molar-refractivity contribution < 1.29 is 23.0 Å². The van der Waals surface area contributed by atoms with Crippen LogP contribution in [0.5, 0.6) is 5.75 Å². The van der Waals surface area contributed by atoms with E-state index in [0.717, 1.165) is 23.8 Å². The van der Waals surface area contributed by atoms with Gasteiger partial charge in [-0.2, -0.15) is 0 Å². The Balaban J connectivity index is 1.39. The van der Waals surface area contributed by atoms with Crippen molar-refractivity contribution in [3.63, 3.8) is 0 Å². The molecule has 0 bridgehead atoms. The molecular weight excluding hydrogens is 354 g/mol. The van der Waals surface area contributed by atoms with E-state index in [4.69, 9.17) is 14.2 Å². The molecule has 0 radical (unpaired) electrons. The van der Waals surface area contributed by atoms with Gasteiger partial charge in [0.1, 0.15) is 6.10 Å². The third-order valence-electron chi connectivity index (χ3n) is 4.04. The molecule has 1 unspecified atom stereocenters. The van der Waals surface area contributed by atoms with Crippen molar-refractivity contribution in [2.24, 2.45) is 0 Å². The van der Waals surface area contributed by atoms with Gasteiger partial charge in [-0.3, -0.25) is 0 Å². The van der Waals surface area contributed by atoms with Crippen molar-refractivity contribution in [1.82, 2.24) is 9.97 Å². The van der Waals surface area contributed by atoms with E-state index in [1.54, 1.807) is 12.4 Å². The second-order valence-corrected chi connectivity index (χ2v) is 6.04. The molecule has 1 aliphatic rings. The van der Waals surface area contributed by atoms with Crippen LogP contribution in [0.4, 0.5) is 8.78 Å². The Bertz CT molecular complexity index is 914. The maximum absolute atomic E-state index is 13.4. The average molecular weight is 370 g/mol. The van der Waals surface area contributed by atoms with E-state index in [1.807, 2.05) is 24.3 Å². The molecule has 0 saturated carbocycles. The summed E-state index contributed by atoms with van der Waals surface area (Å²) < 4.78 is 42.2. The number of hydrogen-bond donors (Lipinski definition) is 0. The van der Waals surface area contributed by atoms with E-state index in [0.29, 0.717) is 23.7 Å². The van der Waals surface area contributed by atoms with Crippen LogP contribution in [-0.4, -0.2) is 36.1 Å². The largest absolute Gasteiger partial charge is 0.464 e. The smallest absolute Gasteiger partial charge is 0.189 e. The van der Waals surface area contributed by atoms with Gasteiger partial charge in [-0.25, -0.2) is 18.7 Å². The maximum Gasteiger partial charge on any atom is 0.189 e. The molecule has 0 N–H and O–H groups in total. The van der Waals surface area contributed by atoms with Crippen LogP contribution in [0.15, 0.2) is 54.9 Å². The zero-order chi connectivity index (χ0) is 18.6. The SMILES string of the molecule is Fc1ccc(-c2ccc(-c3ncc(OCOCC4CO4)cn3)cc2)cc1F. The van der Waals surface area contributed by atoms with Crippen LogP contribution in [-0.2, 0) is 9.47 Å². The zero-order valence-electron chi connectivity index (χ0n) is 14.3. The van der Waals surface area contributed by atoms with E-state index in [9.17, 15) is 8.78 Å². The van der Waals surface area contributed by atoms with Gasteiger partial charge in [-0.05, 0) is 23.3 Å². The Kier molecular flexibility index (Phi) is 5.04. The van der Waals surface area contributed by atoms with Gasteiger partial charge >= 0.3 is 0 Å². The van der Waals surface area contributed by atoms with E-state index in [-0.39, 0.29) is 12.9 Å². The Morgan fingerprint density at radius 2 is 1.59 bits per heavy atom. The molecule has 5 nitrogen and oxygen atoms in total. The van der Waals surface area contributed by atoms with Crippen molar-refractivity contribution in [2.45, 2.75) is 6.10 Å². The first kappa shape index (κ1) is 17.5. The number of rotatable bonds is 7. The van der Waals surface area contributed by atoms with Gasteiger partial charge in [0, 0.05) is 5.56 Å². The molecule has 27 heavy (non-hydrogen) atoms. The highest BCUT2D eigenvalue weighted by molar-refractivity contribution is 5.67. The van der Waals surface area contributed by atoms with Gasteiger partial charge in [-0.15, -0.1) is 0 Å². The number of benzene rings is 2. The van der Waals surface area contributed by atoms with Crippen LogP contribution in [0.3, 0.4) is 0 Å². The minimum atomic E-state index is -0.871. The fraction of sp³-hybridized carbons (Fsp3) is 0.200. The molecular formula is C20H16F2N2O3. The summed E-state index contributed by atoms with van der Waals surface area (Å²) >= 11 is 0. The molecule has 4 rings (SSSR count). The van der Waals surface area contributed by atoms with E-state index in [1.165, 1.54) is 12.1 Å². The monoisotopic (exact) mass is 370 g/mol. The summed E-state index contributed by atoms with van der Waals surface area (Å²) in [6.07, 6.45) is 3.34. The topological polar surface area (TPSA) is 56.8 Å². The minimum Gasteiger partial charge on any atom is -0.464 e. The summed E-state index contributed by atoms with van der Waals surface area (Å²) in [6, 6.07) is 11.1. The highest BCUT2D eigenvalue weighted by Gasteiger charge is 2.22. The summed E-state index contributed by atoms with van der Waals surface area (Å²) in [7, 11) is 0. The predicted molar refractivity (Wildman–Crippen MR) is 94.0 cm³/mol. The number of aromatic nitrogens is 2. The lowest BCUT2D eigenvalue weighted by Gasteiger charge is -2.07. The van der Waals surface area contributed by atoms with Gasteiger partial charge in [0.2, 0.25) is 0 Å². The molecule has 0 aliphatic carbocycles. The molecule has 2 heterocycles. The molecule has 0 spiro atoms. The third-order valence-corrected chi connectivity index (χ3v) is 4.04. The summed E-state index contributed by atoms with van der Waals surface area (Å²) in [5, 5.41) is 0. The molecule has 3 aromatic rings. The first-order chi connectivity index (χ1) is 13.2. The van der Waals surface area contributed by atoms with Gasteiger partial charge in [0.05, 0.1) is 25.6 Å². The van der Waals surface area contributed by atoms with Crippen molar-refractivity contribution in [1.29, 1.82) is 0 Å². The number of epoxide rings is 1. The van der Waals surface area contributed by atoms with Crippen molar-refractivity contribution in [3.05, 3.63) is 66.5 Å². The molecule has 0 amide bonds. The summed E-state index contributed by atoms with van der Waals surface area (Å²) in [5.41, 5.74) is 2.17. The third kappa shape index (κ3) is 4.45. The van der Waals surface area contributed by atoms with Crippen LogP contribution < -0.4 is 4.74 Å². The highest BCUT2D eigenvalue weighted by atomic mass is 19.2. The highest BCUT2D eigenvalue weighted by Crippen LogP contribution is 2.25. The fourth-order valence-corrected chi connectivity index (χ4v) is 2.48. The second kappa shape index (κ2) is 7.77. The van der Waals surface area contributed by atoms with Crippen LogP contribution >= 0.6 is 0 Å². The number of halogens is 2. The van der Waals surface area contributed by atoms with Gasteiger partial charge in [-0.1, -0.05) is 30.3 Å². The lowest BCUT2D eigenvalue weighted by atomic mass is 10.0. The molecule has 1 atom stereocenters. The van der Waals surface area contributed by atoms with Crippen molar-refractivity contribution in [2.75, 3.05) is 20.0 Å². The van der Waals surface area contributed by atoms with Gasteiger partial charge < -0.3 is 14.2 Å². The predicted octanol–water partition coefficient (Wildman–Crippen LogP) is 3.84. The minimum absolute atomic E-state index is 0.117. The van der Waals surface area contributed by atoms with E-state index >= 15 is 0 Å². The first-order valence-corrected chi connectivity index (χ1v) is 8.39. The van der Waals surface area contributed by atoms with Crippen LogP contribution in [0.2, 0.25) is 0 Å². The molecule has 138 valence electrons. The Morgan fingerprint density at radius 3 is 2.26 bits per heavy atom. The lowest BCUT2D eigenvalue weighted by molar-refractivity contribution is 0.00783. The Labute approximate surface area is 154 Å². The van der Waals surface area contributed by atoms with Crippen LogP contribution in [0.25, 0.3) is 22.5 Å². The first-order valence-electron chi connectivity index (χ1n) is 8.39. The molecule has 1 fully saturated rings. The fourth-order valence-electron chi connectivity index (χ4n) is 2.48. The van der Waals surface area contributed by atoms with Gasteiger partial charge in [0.25, 0.3) is 0 Å². The molecule has 1 aliphatic heterocycles. The van der Waals surface area contributed by atoms with Crippen molar-refractivity contribution >= 4 is 0 Å². The zero-order valence-corrected chi connectivity index (χ0v) is 14.3. The van der Waals surface area contributed by atoms with E-state index < -0.39 is 11.6 Å². The quantitative estimate of drug-likeness (QED) is 0.359. The second-order valence-electron chi connectivity index (χ2n) is 6.04. The molecule has 7 heteroatoms. The molecule has 2 aromatic carbocycles. The Hall–Kier alpha value is -2.90.